The van der Waals surface area contributed by atoms with Crippen molar-refractivity contribution in [3.8, 4) is 5.75 Å². The van der Waals surface area contributed by atoms with Crippen LogP contribution in [0.15, 0.2) is 48.5 Å². The summed E-state index contributed by atoms with van der Waals surface area (Å²) < 4.78 is 30.2. The highest BCUT2D eigenvalue weighted by Gasteiger charge is 2.10. The first kappa shape index (κ1) is 17.8. The fourth-order valence-corrected chi connectivity index (χ4v) is 2.75. The molecule has 0 saturated carbocycles. The number of amides is 1. The van der Waals surface area contributed by atoms with Gasteiger partial charge in [-0.15, -0.1) is 0 Å². The van der Waals surface area contributed by atoms with Gasteiger partial charge in [-0.25, -0.2) is 8.42 Å². The molecule has 0 aromatic heterocycles. The molecule has 0 saturated heterocycles. The molecule has 2 aromatic carbocycles. The summed E-state index contributed by atoms with van der Waals surface area (Å²) in [5, 5.41) is 2.78. The smallest absolute Gasteiger partial charge is 0.229 e. The van der Waals surface area contributed by atoms with E-state index in [0.29, 0.717) is 30.0 Å². The number of hydrogen-bond donors (Lipinski definition) is 2. The molecule has 0 atom stereocenters. The summed E-state index contributed by atoms with van der Waals surface area (Å²) in [6.45, 7) is 0. The third kappa shape index (κ3) is 5.58. The van der Waals surface area contributed by atoms with Gasteiger partial charge in [-0.1, -0.05) is 30.3 Å². The summed E-state index contributed by atoms with van der Waals surface area (Å²) in [5.74, 6) is 0.214. The number of nitrogens with one attached hydrogen (secondary N) is 2. The van der Waals surface area contributed by atoms with Gasteiger partial charge in [0.2, 0.25) is 15.9 Å². The minimum Gasteiger partial charge on any atom is -0.494 e. The van der Waals surface area contributed by atoms with Crippen LogP contribution in [0.2, 0.25) is 0 Å². The highest BCUT2D eigenvalue weighted by atomic mass is 32.2. The first-order valence-electron chi connectivity index (χ1n) is 7.37. The van der Waals surface area contributed by atoms with Crippen LogP contribution >= 0.6 is 0 Å². The number of benzene rings is 2. The van der Waals surface area contributed by atoms with Crippen LogP contribution in [0.3, 0.4) is 0 Å². The van der Waals surface area contributed by atoms with E-state index >= 15 is 0 Å². The fraction of sp³-hybridized carbons (Fsp3) is 0.235. The van der Waals surface area contributed by atoms with Crippen molar-refractivity contribution in [1.82, 2.24) is 0 Å². The molecule has 128 valence electrons. The summed E-state index contributed by atoms with van der Waals surface area (Å²) in [5.41, 5.74) is 1.96. The van der Waals surface area contributed by atoms with Crippen LogP contribution in [0.5, 0.6) is 5.75 Å². The Balaban J connectivity index is 2.00. The van der Waals surface area contributed by atoms with Crippen LogP contribution in [0, 0.1) is 0 Å². The van der Waals surface area contributed by atoms with Crippen molar-refractivity contribution in [2.45, 2.75) is 12.8 Å². The molecule has 2 aromatic rings. The van der Waals surface area contributed by atoms with E-state index in [1.165, 1.54) is 7.11 Å². The molecule has 6 nitrogen and oxygen atoms in total. The molecule has 0 aliphatic carbocycles. The van der Waals surface area contributed by atoms with E-state index < -0.39 is 10.0 Å². The van der Waals surface area contributed by atoms with Gasteiger partial charge in [0.1, 0.15) is 5.75 Å². The van der Waals surface area contributed by atoms with Crippen LogP contribution in [0.1, 0.15) is 12.0 Å². The summed E-state index contributed by atoms with van der Waals surface area (Å²) in [4.78, 5) is 12.0. The van der Waals surface area contributed by atoms with Gasteiger partial charge >= 0.3 is 0 Å². The largest absolute Gasteiger partial charge is 0.494 e. The van der Waals surface area contributed by atoms with Gasteiger partial charge in [0.25, 0.3) is 0 Å². The first-order chi connectivity index (χ1) is 11.4. The zero-order valence-electron chi connectivity index (χ0n) is 13.6. The van der Waals surface area contributed by atoms with E-state index in [4.69, 9.17) is 4.74 Å². The number of ether oxygens (including phenoxy) is 1. The van der Waals surface area contributed by atoms with Gasteiger partial charge in [0.05, 0.1) is 19.1 Å². The lowest BCUT2D eigenvalue weighted by Gasteiger charge is -2.12. The van der Waals surface area contributed by atoms with Crippen LogP contribution in [-0.2, 0) is 21.2 Å². The van der Waals surface area contributed by atoms with Gasteiger partial charge in [0, 0.05) is 18.2 Å². The molecular weight excluding hydrogens is 328 g/mol. The summed E-state index contributed by atoms with van der Waals surface area (Å²) in [6, 6.07) is 14.5. The standard InChI is InChI=1S/C17H20N2O4S/c1-23-16-12-14(9-10-15(16)19-24(2,21)22)18-17(20)11-8-13-6-4-3-5-7-13/h3-7,9-10,12,19H,8,11H2,1-2H3,(H,18,20). The summed E-state index contributed by atoms with van der Waals surface area (Å²) in [7, 11) is -1.97. The maximum atomic E-state index is 12.0. The highest BCUT2D eigenvalue weighted by Crippen LogP contribution is 2.28. The molecule has 2 rings (SSSR count). The summed E-state index contributed by atoms with van der Waals surface area (Å²) >= 11 is 0. The molecule has 0 fully saturated rings. The Labute approximate surface area is 141 Å². The second-order valence-electron chi connectivity index (χ2n) is 5.32. The molecule has 7 heteroatoms. The lowest BCUT2D eigenvalue weighted by atomic mass is 10.1. The van der Waals surface area contributed by atoms with Crippen LogP contribution in [0.4, 0.5) is 11.4 Å². The third-order valence-corrected chi connectivity index (χ3v) is 3.85. The molecule has 0 heterocycles. The average molecular weight is 348 g/mol. The van der Waals surface area contributed by atoms with E-state index in [2.05, 4.69) is 10.0 Å². The predicted octanol–water partition coefficient (Wildman–Crippen LogP) is 2.64. The molecule has 1 amide bonds. The predicted molar refractivity (Wildman–Crippen MR) is 94.9 cm³/mol. The van der Waals surface area contributed by atoms with E-state index in [9.17, 15) is 13.2 Å². The van der Waals surface area contributed by atoms with Gasteiger partial charge < -0.3 is 10.1 Å². The maximum Gasteiger partial charge on any atom is 0.229 e. The number of carbonyl (C=O) groups excluding carboxylic acids is 1. The monoisotopic (exact) mass is 348 g/mol. The van der Waals surface area contributed by atoms with Gasteiger partial charge in [-0.2, -0.15) is 0 Å². The molecule has 0 bridgehead atoms. The molecule has 0 spiro atoms. The summed E-state index contributed by atoms with van der Waals surface area (Å²) in [6.07, 6.45) is 2.07. The Morgan fingerprint density at radius 1 is 1.12 bits per heavy atom. The molecule has 0 unspecified atom stereocenters. The van der Waals surface area contributed by atoms with Crippen molar-refractivity contribution >= 4 is 27.3 Å². The Bertz CT molecular complexity index is 805. The Morgan fingerprint density at radius 2 is 1.83 bits per heavy atom. The van der Waals surface area contributed by atoms with Gasteiger partial charge in [-0.3, -0.25) is 9.52 Å². The molecular formula is C17H20N2O4S. The van der Waals surface area contributed by atoms with Crippen molar-refractivity contribution in [1.29, 1.82) is 0 Å². The van der Waals surface area contributed by atoms with Crippen molar-refractivity contribution in [3.05, 3.63) is 54.1 Å². The lowest BCUT2D eigenvalue weighted by molar-refractivity contribution is -0.116. The molecule has 24 heavy (non-hydrogen) atoms. The number of methoxy groups -OCH3 is 1. The minimum absolute atomic E-state index is 0.121. The quantitative estimate of drug-likeness (QED) is 0.805. The van der Waals surface area contributed by atoms with E-state index in [1.807, 2.05) is 30.3 Å². The first-order valence-corrected chi connectivity index (χ1v) is 9.26. The number of aryl methyl sites for hydroxylation is 1. The number of hydrogen-bond acceptors (Lipinski definition) is 4. The van der Waals surface area contributed by atoms with E-state index in [-0.39, 0.29) is 5.91 Å². The molecule has 0 aliphatic rings. The molecule has 2 N–H and O–H groups in total. The van der Waals surface area contributed by atoms with Crippen molar-refractivity contribution < 1.29 is 17.9 Å². The lowest BCUT2D eigenvalue weighted by Crippen LogP contribution is -2.13. The number of rotatable bonds is 7. The fourth-order valence-electron chi connectivity index (χ4n) is 2.18. The minimum atomic E-state index is -3.40. The number of anilines is 2. The third-order valence-electron chi connectivity index (χ3n) is 3.26. The highest BCUT2D eigenvalue weighted by molar-refractivity contribution is 7.92. The van der Waals surface area contributed by atoms with E-state index in [1.54, 1.807) is 18.2 Å². The number of sulfonamides is 1. The van der Waals surface area contributed by atoms with Crippen molar-refractivity contribution in [3.63, 3.8) is 0 Å². The van der Waals surface area contributed by atoms with Crippen molar-refractivity contribution in [2.24, 2.45) is 0 Å². The van der Waals surface area contributed by atoms with Gasteiger partial charge in [0.15, 0.2) is 0 Å². The van der Waals surface area contributed by atoms with Crippen LogP contribution in [-0.4, -0.2) is 27.7 Å². The SMILES string of the molecule is COc1cc(NC(=O)CCc2ccccc2)ccc1NS(C)(=O)=O. The normalized spacial score (nSPS) is 10.9. The maximum absolute atomic E-state index is 12.0. The Morgan fingerprint density at radius 3 is 2.46 bits per heavy atom. The Hall–Kier alpha value is -2.54. The topological polar surface area (TPSA) is 84.5 Å². The zero-order chi connectivity index (χ0) is 17.6. The average Bonchev–Trinajstić information content (AvgIpc) is 2.54. The van der Waals surface area contributed by atoms with E-state index in [0.717, 1.165) is 11.8 Å². The van der Waals surface area contributed by atoms with Gasteiger partial charge in [-0.05, 0) is 24.1 Å². The molecule has 0 aliphatic heterocycles. The van der Waals surface area contributed by atoms with Crippen molar-refractivity contribution in [2.75, 3.05) is 23.4 Å². The van der Waals surface area contributed by atoms with Crippen LogP contribution in [0.25, 0.3) is 0 Å². The Kier molecular flexibility index (Phi) is 5.81. The second kappa shape index (κ2) is 7.83. The van der Waals surface area contributed by atoms with Crippen LogP contribution < -0.4 is 14.8 Å². The number of carbonyl (C=O) groups is 1. The molecule has 0 radical (unpaired) electrons. The second-order valence-corrected chi connectivity index (χ2v) is 7.07. The zero-order valence-corrected chi connectivity index (χ0v) is 14.4.